The molecule has 2 atom stereocenters. The van der Waals surface area contributed by atoms with Crippen LogP contribution in [0.5, 0.6) is 0 Å². The minimum Gasteiger partial charge on any atom is -0.478 e. The lowest BCUT2D eigenvalue weighted by Crippen LogP contribution is -2.28. The topological polar surface area (TPSA) is 80.2 Å². The Morgan fingerprint density at radius 2 is 1.58 bits per heavy atom. The highest BCUT2D eigenvalue weighted by Gasteiger charge is 2.34. The van der Waals surface area contributed by atoms with Gasteiger partial charge in [-0.05, 0) is 50.4 Å². The van der Waals surface area contributed by atoms with Crippen molar-refractivity contribution < 1.29 is 19.1 Å². The first kappa shape index (κ1) is 23.3. The molecule has 0 bridgehead atoms. The zero-order valence-electron chi connectivity index (χ0n) is 19.6. The van der Waals surface area contributed by atoms with E-state index in [0.717, 1.165) is 11.1 Å². The molecule has 0 spiro atoms. The van der Waals surface area contributed by atoms with Crippen molar-refractivity contribution >= 4 is 33.3 Å². The Labute approximate surface area is 207 Å². The van der Waals surface area contributed by atoms with Gasteiger partial charge in [0, 0.05) is 30.7 Å². The van der Waals surface area contributed by atoms with E-state index in [1.165, 1.54) is 58.0 Å². The predicted molar refractivity (Wildman–Crippen MR) is 137 cm³/mol. The molecule has 178 valence electrons. The highest BCUT2D eigenvalue weighted by atomic mass is 19.1. The second-order valence-electron chi connectivity index (χ2n) is 8.91. The molecule has 2 unspecified atom stereocenters. The summed E-state index contributed by atoms with van der Waals surface area (Å²) in [4.78, 5) is 29.8. The van der Waals surface area contributed by atoms with Crippen molar-refractivity contribution in [2.45, 2.75) is 19.3 Å². The number of aromatic nitrogens is 2. The summed E-state index contributed by atoms with van der Waals surface area (Å²) < 4.78 is 13.5. The van der Waals surface area contributed by atoms with Gasteiger partial charge in [0.25, 0.3) is 0 Å². The van der Waals surface area contributed by atoms with Crippen molar-refractivity contribution in [2.75, 3.05) is 0 Å². The van der Waals surface area contributed by atoms with E-state index >= 15 is 0 Å². The maximum Gasteiger partial charge on any atom is 0.338 e. The maximum absolute atomic E-state index is 13.5. The van der Waals surface area contributed by atoms with Crippen LogP contribution in [0, 0.1) is 11.7 Å². The Morgan fingerprint density at radius 1 is 0.889 bits per heavy atom. The number of benzene rings is 4. The molecule has 0 radical (unpaired) electrons. The molecule has 0 fully saturated rings. The minimum atomic E-state index is -1.00. The number of ketones is 1. The molecule has 36 heavy (non-hydrogen) atoms. The number of carbonyl (C=O) groups excluding carboxylic acids is 1. The predicted octanol–water partition coefficient (Wildman–Crippen LogP) is 6.20. The van der Waals surface area contributed by atoms with E-state index in [4.69, 9.17) is 5.11 Å². The SMILES string of the molecule is CC1C(=O)Cc2ccc3c(ccc4ccccc43)c2C1c1ccc(F)cc1.O=C(O)c1cncnc1. The summed E-state index contributed by atoms with van der Waals surface area (Å²) in [5.74, 6) is -1.18. The van der Waals surface area contributed by atoms with Crippen LogP contribution in [-0.2, 0) is 11.2 Å². The van der Waals surface area contributed by atoms with Crippen molar-refractivity contribution in [3.8, 4) is 0 Å². The fourth-order valence-corrected chi connectivity index (χ4v) is 5.00. The quantitative estimate of drug-likeness (QED) is 0.306. The smallest absolute Gasteiger partial charge is 0.338 e. The zero-order chi connectivity index (χ0) is 25.2. The molecule has 1 aliphatic rings. The molecule has 0 aliphatic heterocycles. The molecule has 1 heterocycles. The van der Waals surface area contributed by atoms with E-state index in [1.807, 2.05) is 19.1 Å². The van der Waals surface area contributed by atoms with Crippen LogP contribution in [-0.4, -0.2) is 26.8 Å². The summed E-state index contributed by atoms with van der Waals surface area (Å²) in [6.07, 6.45) is 4.24. The van der Waals surface area contributed by atoms with Gasteiger partial charge in [-0.1, -0.05) is 67.6 Å². The van der Waals surface area contributed by atoms with Gasteiger partial charge < -0.3 is 5.11 Å². The first-order chi connectivity index (χ1) is 17.4. The van der Waals surface area contributed by atoms with Crippen LogP contribution in [0.1, 0.15) is 39.9 Å². The highest BCUT2D eigenvalue weighted by molar-refractivity contribution is 6.09. The summed E-state index contributed by atoms with van der Waals surface area (Å²) in [6, 6.07) is 23.6. The number of nitrogens with zero attached hydrogens (tertiary/aromatic N) is 2. The van der Waals surface area contributed by atoms with Crippen molar-refractivity contribution in [1.29, 1.82) is 0 Å². The Morgan fingerprint density at radius 3 is 2.28 bits per heavy atom. The number of carbonyl (C=O) groups is 2. The molecule has 1 aliphatic carbocycles. The van der Waals surface area contributed by atoms with Crippen LogP contribution in [0.25, 0.3) is 21.5 Å². The second-order valence-corrected chi connectivity index (χ2v) is 8.91. The molecule has 0 amide bonds. The Balaban J connectivity index is 0.000000252. The van der Waals surface area contributed by atoms with Gasteiger partial charge in [-0.25, -0.2) is 19.2 Å². The fraction of sp³-hybridized carbons (Fsp3) is 0.133. The van der Waals surface area contributed by atoms with Gasteiger partial charge in [0.05, 0.1) is 5.56 Å². The highest BCUT2D eigenvalue weighted by Crippen LogP contribution is 2.44. The monoisotopic (exact) mass is 478 g/mol. The Bertz CT molecular complexity index is 1580. The Kier molecular flexibility index (Phi) is 6.25. The largest absolute Gasteiger partial charge is 0.478 e. The number of hydrogen-bond acceptors (Lipinski definition) is 4. The molecule has 0 saturated carbocycles. The standard InChI is InChI=1S/C25H19FO.C5H4N2O2/c1-15-23(27)14-18-9-12-21-20-5-3-2-4-16(20)8-13-22(21)25(18)24(15)17-6-10-19(26)11-7-17;8-5(9)4-1-6-3-7-2-4/h2-13,15,24H,14H2,1H3;1-3H,(H,8,9). The van der Waals surface area contributed by atoms with E-state index in [2.05, 4.69) is 58.5 Å². The zero-order valence-corrected chi connectivity index (χ0v) is 19.6. The second kappa shape index (κ2) is 9.66. The van der Waals surface area contributed by atoms with E-state index < -0.39 is 5.97 Å². The van der Waals surface area contributed by atoms with E-state index in [1.54, 1.807) is 0 Å². The van der Waals surface area contributed by atoms with Crippen molar-refractivity contribution in [2.24, 2.45) is 5.92 Å². The first-order valence-electron chi connectivity index (χ1n) is 11.6. The molecular formula is C30H23FN2O3. The molecule has 1 N–H and O–H groups in total. The molecule has 5 aromatic rings. The number of fused-ring (bicyclic) bond motifs is 5. The van der Waals surface area contributed by atoms with Crippen molar-refractivity contribution in [3.63, 3.8) is 0 Å². The lowest BCUT2D eigenvalue weighted by Gasteiger charge is -2.32. The van der Waals surface area contributed by atoms with E-state index in [0.29, 0.717) is 6.42 Å². The van der Waals surface area contributed by atoms with Crippen LogP contribution in [0.2, 0.25) is 0 Å². The van der Waals surface area contributed by atoms with Gasteiger partial charge in [0.1, 0.15) is 17.9 Å². The number of carboxylic acid groups (broad SMARTS) is 1. The number of halogens is 1. The minimum absolute atomic E-state index is 0.0493. The number of aromatic carboxylic acids is 1. The summed E-state index contributed by atoms with van der Waals surface area (Å²) in [5, 5.41) is 13.1. The number of rotatable bonds is 2. The Hall–Kier alpha value is -4.45. The van der Waals surface area contributed by atoms with Gasteiger partial charge in [0.2, 0.25) is 0 Å². The molecule has 1 aromatic heterocycles. The number of Topliss-reactive ketones (excluding diaryl/α,β-unsaturated/α-hetero) is 1. The molecular weight excluding hydrogens is 455 g/mol. The third kappa shape index (κ3) is 4.33. The maximum atomic E-state index is 13.5. The average molecular weight is 479 g/mol. The lowest BCUT2D eigenvalue weighted by atomic mass is 9.70. The molecule has 6 rings (SSSR count). The summed E-state index contributed by atoms with van der Waals surface area (Å²) in [5.41, 5.74) is 3.42. The van der Waals surface area contributed by atoms with Gasteiger partial charge in [-0.2, -0.15) is 0 Å². The number of hydrogen-bond donors (Lipinski definition) is 1. The summed E-state index contributed by atoms with van der Waals surface area (Å²) >= 11 is 0. The summed E-state index contributed by atoms with van der Waals surface area (Å²) in [6.45, 7) is 2.00. The van der Waals surface area contributed by atoms with Crippen molar-refractivity contribution in [1.82, 2.24) is 9.97 Å². The van der Waals surface area contributed by atoms with Crippen molar-refractivity contribution in [3.05, 3.63) is 120 Å². The van der Waals surface area contributed by atoms with Gasteiger partial charge >= 0.3 is 5.97 Å². The van der Waals surface area contributed by atoms with Crippen LogP contribution in [0.15, 0.2) is 91.5 Å². The van der Waals surface area contributed by atoms with Gasteiger partial charge in [-0.15, -0.1) is 0 Å². The molecule has 5 nitrogen and oxygen atoms in total. The third-order valence-electron chi connectivity index (χ3n) is 6.78. The molecule has 6 heteroatoms. The summed E-state index contributed by atoms with van der Waals surface area (Å²) in [7, 11) is 0. The number of carboxylic acids is 1. The fourth-order valence-electron chi connectivity index (χ4n) is 5.00. The molecule has 4 aromatic carbocycles. The molecule has 0 saturated heterocycles. The third-order valence-corrected chi connectivity index (χ3v) is 6.78. The van der Waals surface area contributed by atoms with E-state index in [9.17, 15) is 14.0 Å². The van der Waals surface area contributed by atoms with Crippen LogP contribution < -0.4 is 0 Å². The first-order valence-corrected chi connectivity index (χ1v) is 11.6. The van der Waals surface area contributed by atoms with Gasteiger partial charge in [-0.3, -0.25) is 4.79 Å². The van der Waals surface area contributed by atoms with Gasteiger partial charge in [0.15, 0.2) is 0 Å². The van der Waals surface area contributed by atoms with Crippen LogP contribution >= 0.6 is 0 Å². The van der Waals surface area contributed by atoms with E-state index in [-0.39, 0.29) is 29.0 Å². The normalized spacial score (nSPS) is 16.8. The lowest BCUT2D eigenvalue weighted by molar-refractivity contribution is -0.122. The average Bonchev–Trinajstić information content (AvgIpc) is 2.90. The van der Waals surface area contributed by atoms with Crippen LogP contribution in [0.4, 0.5) is 4.39 Å². The van der Waals surface area contributed by atoms with Crippen LogP contribution in [0.3, 0.4) is 0 Å².